The topological polar surface area (TPSA) is 128 Å². The van der Waals surface area contributed by atoms with Crippen LogP contribution in [0.5, 0.6) is 5.75 Å². The predicted molar refractivity (Wildman–Crippen MR) is 142 cm³/mol. The highest BCUT2D eigenvalue weighted by molar-refractivity contribution is 7.89. The average Bonchev–Trinajstić information content (AvgIpc) is 2.86. The Morgan fingerprint density at radius 3 is 2.50 bits per heavy atom. The Balaban J connectivity index is 1.44. The second kappa shape index (κ2) is 10.8. The number of rotatable bonds is 9. The first-order chi connectivity index (χ1) is 18.0. The lowest BCUT2D eigenvalue weighted by molar-refractivity contribution is -0.151. The quantitative estimate of drug-likeness (QED) is 0.322. The molecule has 2 heterocycles. The molecule has 4 rings (SSSR count). The van der Waals surface area contributed by atoms with Gasteiger partial charge in [-0.3, -0.25) is 14.8 Å². The van der Waals surface area contributed by atoms with E-state index in [1.165, 1.54) is 22.5 Å². The Labute approximate surface area is 223 Å². The summed E-state index contributed by atoms with van der Waals surface area (Å²) >= 11 is 0. The summed E-state index contributed by atoms with van der Waals surface area (Å²) in [5, 5.41) is 9.21. The molecule has 0 radical (unpaired) electrons. The largest absolute Gasteiger partial charge is 0.489 e. The van der Waals surface area contributed by atoms with E-state index in [1.807, 2.05) is 40.0 Å². The molecule has 11 heteroatoms. The number of likely N-dealkylation sites (N-methyl/N-ethyl adjacent to an activating group) is 1. The van der Waals surface area contributed by atoms with Crippen LogP contribution in [0, 0.1) is 5.92 Å². The fourth-order valence-corrected chi connectivity index (χ4v) is 6.11. The molecule has 2 aliphatic heterocycles. The third-order valence-corrected chi connectivity index (χ3v) is 8.53. The molecule has 1 aromatic carbocycles. The summed E-state index contributed by atoms with van der Waals surface area (Å²) < 4.78 is 34.6. The molecule has 10 nitrogen and oxygen atoms in total. The van der Waals surface area contributed by atoms with Crippen molar-refractivity contribution in [1.82, 2.24) is 20.0 Å². The lowest BCUT2D eigenvalue weighted by Crippen LogP contribution is -2.76. The number of nitrogens with zero attached hydrogens (tertiary/aromatic N) is 2. The number of allylic oxidation sites excluding steroid dienone is 3. The molecule has 3 N–H and O–H groups in total. The van der Waals surface area contributed by atoms with Gasteiger partial charge in [-0.2, -0.15) is 4.72 Å². The smallest absolute Gasteiger partial charge is 0.268 e. The van der Waals surface area contributed by atoms with Crippen LogP contribution in [0.1, 0.15) is 27.2 Å². The predicted octanol–water partition coefficient (Wildman–Crippen LogP) is 2.12. The number of carbonyl (C=O) groups is 2. The SMILES string of the molecule is CC1=CC(COc2ccc(S(=O)(=O)NC3(C(=O)NO)CN(C(=O)CC(C)C)C3)cc2)=C2C=CC=CC2N1C. The van der Waals surface area contributed by atoms with Gasteiger partial charge in [-0.05, 0) is 54.3 Å². The minimum atomic E-state index is -4.14. The van der Waals surface area contributed by atoms with Gasteiger partial charge in [-0.1, -0.05) is 38.2 Å². The molecular weight excluding hydrogens is 508 g/mol. The minimum Gasteiger partial charge on any atom is -0.489 e. The molecule has 0 bridgehead atoms. The molecule has 0 spiro atoms. The molecule has 38 heavy (non-hydrogen) atoms. The van der Waals surface area contributed by atoms with E-state index >= 15 is 0 Å². The molecule has 0 saturated carbocycles. The number of hydrogen-bond acceptors (Lipinski definition) is 7. The summed E-state index contributed by atoms with van der Waals surface area (Å²) in [6.07, 6.45) is 10.6. The van der Waals surface area contributed by atoms with Crippen molar-refractivity contribution >= 4 is 21.8 Å². The van der Waals surface area contributed by atoms with Crippen molar-refractivity contribution in [3.05, 3.63) is 71.5 Å². The van der Waals surface area contributed by atoms with Crippen molar-refractivity contribution < 1.29 is 28.0 Å². The fourth-order valence-electron chi connectivity index (χ4n) is 4.76. The molecule has 204 valence electrons. The second-order valence-electron chi connectivity index (χ2n) is 10.3. The number of fused-ring (bicyclic) bond motifs is 1. The van der Waals surface area contributed by atoms with Crippen molar-refractivity contribution in [2.45, 2.75) is 43.7 Å². The zero-order chi connectivity index (χ0) is 27.7. The van der Waals surface area contributed by atoms with Crippen LogP contribution in [0.2, 0.25) is 0 Å². The Kier molecular flexibility index (Phi) is 7.82. The van der Waals surface area contributed by atoms with E-state index in [2.05, 4.69) is 27.9 Å². The van der Waals surface area contributed by atoms with Crippen molar-refractivity contribution in [3.63, 3.8) is 0 Å². The van der Waals surface area contributed by atoms with Gasteiger partial charge in [0, 0.05) is 19.2 Å². The molecule has 1 aliphatic carbocycles. The van der Waals surface area contributed by atoms with Crippen LogP contribution in [0.3, 0.4) is 0 Å². The summed E-state index contributed by atoms with van der Waals surface area (Å²) in [6.45, 7) is 5.81. The molecular formula is C27H34N4O6S. The van der Waals surface area contributed by atoms with Crippen molar-refractivity contribution in [2.24, 2.45) is 5.92 Å². The van der Waals surface area contributed by atoms with Crippen LogP contribution in [-0.2, 0) is 19.6 Å². The van der Waals surface area contributed by atoms with Gasteiger partial charge in [0.05, 0.1) is 24.0 Å². The van der Waals surface area contributed by atoms with Gasteiger partial charge in [0.1, 0.15) is 17.9 Å². The van der Waals surface area contributed by atoms with Crippen LogP contribution < -0.4 is 14.9 Å². The number of hydrogen-bond donors (Lipinski definition) is 3. The zero-order valence-corrected chi connectivity index (χ0v) is 22.8. The number of amides is 2. The third kappa shape index (κ3) is 5.54. The maximum Gasteiger partial charge on any atom is 0.268 e. The molecule has 1 saturated heterocycles. The summed E-state index contributed by atoms with van der Waals surface area (Å²) in [4.78, 5) is 28.2. The monoisotopic (exact) mass is 542 g/mol. The number of nitrogens with one attached hydrogen (secondary N) is 2. The maximum atomic E-state index is 13.1. The standard InChI is InChI=1S/C27H34N4O6S/c1-18(2)13-25(32)31-16-27(17-31,26(33)28-34)29-38(35,36)22-11-9-21(10-12-22)37-15-20-14-19(3)30(4)24-8-6-5-7-23(20)24/h5-12,14,18,24,29,34H,13,15-17H2,1-4H3,(H,28,33). The van der Waals surface area contributed by atoms with Gasteiger partial charge in [-0.25, -0.2) is 13.9 Å². The Morgan fingerprint density at radius 2 is 1.87 bits per heavy atom. The number of carbonyl (C=O) groups excluding carboxylic acids is 2. The Bertz CT molecular complexity index is 1320. The van der Waals surface area contributed by atoms with E-state index in [0.717, 1.165) is 16.8 Å². The van der Waals surface area contributed by atoms with Gasteiger partial charge in [0.15, 0.2) is 0 Å². The van der Waals surface area contributed by atoms with E-state index < -0.39 is 21.5 Å². The second-order valence-corrected chi connectivity index (χ2v) is 12.0. The summed E-state index contributed by atoms with van der Waals surface area (Å²) in [7, 11) is -2.10. The summed E-state index contributed by atoms with van der Waals surface area (Å²) in [5.41, 5.74) is 3.18. The van der Waals surface area contributed by atoms with E-state index in [0.29, 0.717) is 12.4 Å². The number of benzene rings is 1. The van der Waals surface area contributed by atoms with E-state index in [-0.39, 0.29) is 42.3 Å². The summed E-state index contributed by atoms with van der Waals surface area (Å²) in [6, 6.07) is 6.04. The highest BCUT2D eigenvalue weighted by atomic mass is 32.2. The van der Waals surface area contributed by atoms with Gasteiger partial charge < -0.3 is 14.5 Å². The first kappa shape index (κ1) is 27.6. The van der Waals surface area contributed by atoms with Crippen LogP contribution in [-0.4, -0.2) is 73.6 Å². The van der Waals surface area contributed by atoms with E-state index in [4.69, 9.17) is 4.74 Å². The zero-order valence-electron chi connectivity index (χ0n) is 22.0. The Hall–Kier alpha value is -3.41. The number of sulfonamides is 1. The third-order valence-electron chi connectivity index (χ3n) is 6.98. The van der Waals surface area contributed by atoms with Crippen LogP contribution in [0.15, 0.2) is 76.4 Å². The molecule has 0 aromatic heterocycles. The minimum absolute atomic E-state index is 0.0700. The van der Waals surface area contributed by atoms with Crippen molar-refractivity contribution in [2.75, 3.05) is 26.7 Å². The van der Waals surface area contributed by atoms with Crippen LogP contribution >= 0.6 is 0 Å². The normalized spacial score (nSPS) is 20.2. The van der Waals surface area contributed by atoms with Gasteiger partial charge in [0.2, 0.25) is 15.9 Å². The highest BCUT2D eigenvalue weighted by Crippen LogP contribution is 2.30. The summed E-state index contributed by atoms with van der Waals surface area (Å²) in [5.74, 6) is -0.490. The molecule has 1 fully saturated rings. The van der Waals surface area contributed by atoms with Crippen LogP contribution in [0.4, 0.5) is 0 Å². The first-order valence-corrected chi connectivity index (χ1v) is 13.9. The fraction of sp³-hybridized carbons (Fsp3) is 0.407. The molecule has 1 aromatic rings. The Morgan fingerprint density at radius 1 is 1.18 bits per heavy atom. The van der Waals surface area contributed by atoms with Crippen LogP contribution in [0.25, 0.3) is 0 Å². The lowest BCUT2D eigenvalue weighted by atomic mass is 9.89. The maximum absolute atomic E-state index is 13.1. The molecule has 1 unspecified atom stereocenters. The van der Waals surface area contributed by atoms with Gasteiger partial charge in [0.25, 0.3) is 5.91 Å². The molecule has 2 amide bonds. The lowest BCUT2D eigenvalue weighted by Gasteiger charge is -2.48. The molecule has 1 atom stereocenters. The highest BCUT2D eigenvalue weighted by Gasteiger charge is 2.53. The first-order valence-electron chi connectivity index (χ1n) is 12.4. The van der Waals surface area contributed by atoms with E-state index in [1.54, 1.807) is 12.1 Å². The molecule has 3 aliphatic rings. The number of hydroxylamine groups is 1. The average molecular weight is 543 g/mol. The van der Waals surface area contributed by atoms with Gasteiger partial charge >= 0.3 is 0 Å². The van der Waals surface area contributed by atoms with Crippen molar-refractivity contribution in [1.29, 1.82) is 0 Å². The van der Waals surface area contributed by atoms with Gasteiger partial charge in [-0.15, -0.1) is 0 Å². The van der Waals surface area contributed by atoms with Crippen molar-refractivity contribution in [3.8, 4) is 5.75 Å². The number of ether oxygens (including phenoxy) is 1. The number of likely N-dealkylation sites (tertiary alicyclic amines) is 1. The van der Waals surface area contributed by atoms with E-state index in [9.17, 15) is 23.2 Å².